The summed E-state index contributed by atoms with van der Waals surface area (Å²) in [6.07, 6.45) is 3.75. The monoisotopic (exact) mass is 388 g/mol. The standard InChI is InChI=1S/C18H20N4O4S/c1-9-7-11(6-5-10(9)3-2-4-13(19)17(24)25)14-8-12(15(20)23)16(27-14)22-18(21)26/h2-3,5-8,13H,4,19H2,1H3,(H2,20,23)(H,24,25)(H3,21,22,26)/b3-2+. The molecule has 0 aliphatic heterocycles. The van der Waals surface area contributed by atoms with Gasteiger partial charge < -0.3 is 22.3 Å². The molecule has 0 bridgehead atoms. The number of nitrogens with two attached hydrogens (primary N) is 3. The Kier molecular flexibility index (Phi) is 6.32. The molecular weight excluding hydrogens is 368 g/mol. The summed E-state index contributed by atoms with van der Waals surface area (Å²) in [5, 5.41) is 11.5. The number of primary amides is 2. The van der Waals surface area contributed by atoms with Crippen molar-refractivity contribution >= 4 is 40.3 Å². The summed E-state index contributed by atoms with van der Waals surface area (Å²) in [4.78, 5) is 34.1. The highest BCUT2D eigenvalue weighted by Gasteiger charge is 2.16. The number of hydrogen-bond acceptors (Lipinski definition) is 5. The molecule has 142 valence electrons. The van der Waals surface area contributed by atoms with E-state index in [-0.39, 0.29) is 12.0 Å². The third-order valence-corrected chi connectivity index (χ3v) is 4.89. The largest absolute Gasteiger partial charge is 0.480 e. The van der Waals surface area contributed by atoms with Gasteiger partial charge in [0, 0.05) is 4.88 Å². The van der Waals surface area contributed by atoms with Crippen molar-refractivity contribution in [1.29, 1.82) is 0 Å². The van der Waals surface area contributed by atoms with Gasteiger partial charge in [-0.1, -0.05) is 30.4 Å². The average Bonchev–Trinajstić information content (AvgIpc) is 2.99. The Morgan fingerprint density at radius 2 is 1.96 bits per heavy atom. The first-order valence-electron chi connectivity index (χ1n) is 7.95. The zero-order chi connectivity index (χ0) is 20.1. The maximum absolute atomic E-state index is 11.6. The number of thiophene rings is 1. The summed E-state index contributed by atoms with van der Waals surface area (Å²) in [5.74, 6) is -1.71. The lowest BCUT2D eigenvalue weighted by Gasteiger charge is -2.05. The third kappa shape index (κ3) is 5.16. The molecule has 8 nitrogen and oxygen atoms in total. The van der Waals surface area contributed by atoms with Crippen LogP contribution in [0.1, 0.15) is 27.9 Å². The summed E-state index contributed by atoms with van der Waals surface area (Å²) in [7, 11) is 0. The summed E-state index contributed by atoms with van der Waals surface area (Å²) in [6.45, 7) is 1.91. The first kappa shape index (κ1) is 20.1. The number of hydrogen-bond donors (Lipinski definition) is 5. The van der Waals surface area contributed by atoms with Crippen LogP contribution in [0.4, 0.5) is 9.80 Å². The highest BCUT2D eigenvalue weighted by atomic mass is 32.1. The number of aryl methyl sites for hydroxylation is 1. The molecule has 1 aromatic carbocycles. The van der Waals surface area contributed by atoms with Crippen molar-refractivity contribution in [2.24, 2.45) is 17.2 Å². The molecule has 3 amide bonds. The van der Waals surface area contributed by atoms with Crippen LogP contribution >= 0.6 is 11.3 Å². The van der Waals surface area contributed by atoms with Crippen molar-refractivity contribution in [3.05, 3.63) is 47.0 Å². The predicted molar refractivity (Wildman–Crippen MR) is 105 cm³/mol. The number of nitrogens with one attached hydrogen (secondary N) is 1. The lowest BCUT2D eigenvalue weighted by molar-refractivity contribution is -0.138. The van der Waals surface area contributed by atoms with Gasteiger partial charge in [-0.05, 0) is 36.1 Å². The van der Waals surface area contributed by atoms with Crippen LogP contribution in [-0.2, 0) is 4.79 Å². The first-order valence-corrected chi connectivity index (χ1v) is 8.76. The number of rotatable bonds is 7. The Morgan fingerprint density at radius 3 is 2.52 bits per heavy atom. The third-order valence-electron chi connectivity index (χ3n) is 3.79. The van der Waals surface area contributed by atoms with Crippen molar-refractivity contribution in [3.8, 4) is 10.4 Å². The number of carboxylic acid groups (broad SMARTS) is 1. The van der Waals surface area contributed by atoms with E-state index in [1.165, 1.54) is 11.3 Å². The van der Waals surface area contributed by atoms with Crippen LogP contribution in [0.15, 0.2) is 30.3 Å². The van der Waals surface area contributed by atoms with E-state index in [9.17, 15) is 14.4 Å². The fraction of sp³-hybridized carbons (Fsp3) is 0.167. The smallest absolute Gasteiger partial charge is 0.320 e. The number of aliphatic carboxylic acids is 1. The van der Waals surface area contributed by atoms with Crippen LogP contribution in [-0.4, -0.2) is 29.1 Å². The second-order valence-corrected chi connectivity index (χ2v) is 6.91. The summed E-state index contributed by atoms with van der Waals surface area (Å²) in [5.41, 5.74) is 18.8. The number of anilines is 1. The van der Waals surface area contributed by atoms with Crippen molar-refractivity contribution < 1.29 is 19.5 Å². The average molecular weight is 388 g/mol. The van der Waals surface area contributed by atoms with Gasteiger partial charge in [0.1, 0.15) is 11.0 Å². The van der Waals surface area contributed by atoms with Crippen LogP contribution in [0.2, 0.25) is 0 Å². The van der Waals surface area contributed by atoms with E-state index in [4.69, 9.17) is 22.3 Å². The summed E-state index contributed by atoms with van der Waals surface area (Å²) >= 11 is 1.20. The molecule has 1 heterocycles. The molecule has 1 unspecified atom stereocenters. The molecule has 0 saturated heterocycles. The lowest BCUT2D eigenvalue weighted by Crippen LogP contribution is -2.29. The van der Waals surface area contributed by atoms with Gasteiger partial charge in [0.25, 0.3) is 5.91 Å². The number of carbonyl (C=O) groups is 3. The summed E-state index contributed by atoms with van der Waals surface area (Å²) in [6, 6.07) is 5.54. The van der Waals surface area contributed by atoms with Crippen LogP contribution in [0.3, 0.4) is 0 Å². The van der Waals surface area contributed by atoms with Gasteiger partial charge in [0.15, 0.2) is 0 Å². The van der Waals surface area contributed by atoms with Crippen molar-refractivity contribution in [3.63, 3.8) is 0 Å². The Balaban J connectivity index is 2.27. The maximum Gasteiger partial charge on any atom is 0.320 e. The van der Waals surface area contributed by atoms with E-state index >= 15 is 0 Å². The Morgan fingerprint density at radius 1 is 1.26 bits per heavy atom. The van der Waals surface area contributed by atoms with Gasteiger partial charge in [-0.25, -0.2) is 4.79 Å². The SMILES string of the molecule is Cc1cc(-c2cc(C(N)=O)c(NC(N)=O)s2)ccc1/C=C/CC(N)C(=O)O. The zero-order valence-corrected chi connectivity index (χ0v) is 15.4. The molecule has 9 heteroatoms. The van der Waals surface area contributed by atoms with Gasteiger partial charge in [-0.2, -0.15) is 0 Å². The normalized spacial score (nSPS) is 12.1. The minimum Gasteiger partial charge on any atom is -0.480 e. The lowest BCUT2D eigenvalue weighted by atomic mass is 10.0. The molecular formula is C18H20N4O4S. The molecule has 0 aliphatic rings. The second kappa shape index (κ2) is 8.47. The number of carbonyl (C=O) groups excluding carboxylic acids is 2. The molecule has 0 spiro atoms. The minimum absolute atomic E-state index is 0.193. The molecule has 0 radical (unpaired) electrons. The Bertz CT molecular complexity index is 920. The van der Waals surface area contributed by atoms with Crippen molar-refractivity contribution in [2.45, 2.75) is 19.4 Å². The molecule has 0 aliphatic carbocycles. The van der Waals surface area contributed by atoms with E-state index in [0.29, 0.717) is 5.00 Å². The Labute approximate surface area is 159 Å². The van der Waals surface area contributed by atoms with Gasteiger partial charge in [-0.15, -0.1) is 11.3 Å². The molecule has 2 rings (SSSR count). The van der Waals surface area contributed by atoms with E-state index in [2.05, 4.69) is 5.32 Å². The molecule has 27 heavy (non-hydrogen) atoms. The van der Waals surface area contributed by atoms with E-state index < -0.39 is 23.9 Å². The molecule has 0 saturated carbocycles. The first-order chi connectivity index (χ1) is 12.7. The Hall–Kier alpha value is -3.17. The summed E-state index contributed by atoms with van der Waals surface area (Å²) < 4.78 is 0. The number of amides is 3. The maximum atomic E-state index is 11.6. The zero-order valence-electron chi connectivity index (χ0n) is 14.6. The topological polar surface area (TPSA) is 162 Å². The van der Waals surface area contributed by atoms with E-state index in [1.807, 2.05) is 31.2 Å². The van der Waals surface area contributed by atoms with Crippen LogP contribution in [0.5, 0.6) is 0 Å². The van der Waals surface area contributed by atoms with E-state index in [0.717, 1.165) is 21.6 Å². The fourth-order valence-corrected chi connectivity index (χ4v) is 3.44. The highest BCUT2D eigenvalue weighted by molar-refractivity contribution is 7.20. The molecule has 8 N–H and O–H groups in total. The van der Waals surface area contributed by atoms with Gasteiger partial charge >= 0.3 is 12.0 Å². The highest BCUT2D eigenvalue weighted by Crippen LogP contribution is 2.36. The fourth-order valence-electron chi connectivity index (χ4n) is 2.38. The van der Waals surface area contributed by atoms with Gasteiger partial charge in [0.2, 0.25) is 0 Å². The molecule has 1 atom stereocenters. The molecule has 1 aromatic heterocycles. The quantitative estimate of drug-likeness (QED) is 0.490. The molecule has 2 aromatic rings. The van der Waals surface area contributed by atoms with E-state index in [1.54, 1.807) is 12.1 Å². The predicted octanol–water partition coefficient (Wildman–Crippen LogP) is 2.13. The van der Waals surface area contributed by atoms with Crippen molar-refractivity contribution in [2.75, 3.05) is 5.32 Å². The van der Waals surface area contributed by atoms with Crippen LogP contribution in [0.25, 0.3) is 16.5 Å². The van der Waals surface area contributed by atoms with Crippen LogP contribution < -0.4 is 22.5 Å². The van der Waals surface area contributed by atoms with Crippen LogP contribution in [0, 0.1) is 6.92 Å². The minimum atomic E-state index is -1.05. The van der Waals surface area contributed by atoms with Gasteiger partial charge in [-0.3, -0.25) is 14.9 Å². The van der Waals surface area contributed by atoms with Crippen molar-refractivity contribution in [1.82, 2.24) is 0 Å². The number of urea groups is 1. The second-order valence-electron chi connectivity index (χ2n) is 5.86. The molecule has 0 fully saturated rings. The number of carboxylic acids is 1. The number of benzene rings is 1. The van der Waals surface area contributed by atoms with Gasteiger partial charge in [0.05, 0.1) is 5.56 Å².